The fourth-order valence-corrected chi connectivity index (χ4v) is 2.47. The molecular formula is C20H20F2N4O. The van der Waals surface area contributed by atoms with Crippen molar-refractivity contribution in [3.63, 3.8) is 0 Å². The second kappa shape index (κ2) is 8.55. The molecule has 0 radical (unpaired) electrons. The van der Waals surface area contributed by atoms with E-state index in [-0.39, 0.29) is 19.2 Å². The number of aliphatic hydroxyl groups excluding tert-OH is 1. The number of hydrogen-bond donors (Lipinski definition) is 3. The zero-order valence-corrected chi connectivity index (χ0v) is 14.8. The van der Waals surface area contributed by atoms with E-state index < -0.39 is 11.6 Å². The molecule has 0 spiro atoms. The van der Waals surface area contributed by atoms with E-state index in [1.165, 1.54) is 6.07 Å². The smallest absolute Gasteiger partial charge is 0.225 e. The van der Waals surface area contributed by atoms with Gasteiger partial charge in [0.05, 0.1) is 12.3 Å². The third-order valence-electron chi connectivity index (χ3n) is 3.90. The molecule has 0 aliphatic heterocycles. The number of nitrogens with one attached hydrogen (secondary N) is 2. The van der Waals surface area contributed by atoms with Gasteiger partial charge in [-0.1, -0.05) is 36.4 Å². The molecule has 0 unspecified atom stereocenters. The van der Waals surface area contributed by atoms with E-state index in [2.05, 4.69) is 20.6 Å². The van der Waals surface area contributed by atoms with Crippen molar-refractivity contribution in [2.75, 3.05) is 17.2 Å². The number of halogens is 2. The Hall–Kier alpha value is -3.06. The topological polar surface area (TPSA) is 70.1 Å². The predicted molar refractivity (Wildman–Crippen MR) is 101 cm³/mol. The Kier molecular flexibility index (Phi) is 5.93. The van der Waals surface area contributed by atoms with Crippen LogP contribution in [0.1, 0.15) is 12.5 Å². The Bertz CT molecular complexity index is 906. The zero-order valence-electron chi connectivity index (χ0n) is 14.8. The summed E-state index contributed by atoms with van der Waals surface area (Å²) in [5.74, 6) is -0.871. The number of anilines is 2. The minimum Gasteiger partial charge on any atom is -0.394 e. The van der Waals surface area contributed by atoms with Gasteiger partial charge in [0, 0.05) is 24.2 Å². The van der Waals surface area contributed by atoms with Crippen molar-refractivity contribution in [2.45, 2.75) is 19.5 Å². The van der Waals surface area contributed by atoms with Gasteiger partial charge in [0.2, 0.25) is 5.95 Å². The average Bonchev–Trinajstić information content (AvgIpc) is 2.69. The van der Waals surface area contributed by atoms with Crippen LogP contribution in [-0.2, 0) is 6.54 Å². The molecule has 27 heavy (non-hydrogen) atoms. The maximum Gasteiger partial charge on any atom is 0.225 e. The summed E-state index contributed by atoms with van der Waals surface area (Å²) < 4.78 is 26.4. The molecular weight excluding hydrogens is 350 g/mol. The van der Waals surface area contributed by atoms with Crippen molar-refractivity contribution < 1.29 is 13.9 Å². The van der Waals surface area contributed by atoms with Gasteiger partial charge in [-0.05, 0) is 24.6 Å². The Labute approximate surface area is 156 Å². The Morgan fingerprint density at radius 3 is 2.48 bits per heavy atom. The molecule has 2 aromatic carbocycles. The largest absolute Gasteiger partial charge is 0.394 e. The van der Waals surface area contributed by atoms with Crippen molar-refractivity contribution in [1.82, 2.24) is 9.97 Å². The van der Waals surface area contributed by atoms with Crippen molar-refractivity contribution in [2.24, 2.45) is 0 Å². The van der Waals surface area contributed by atoms with Gasteiger partial charge in [0.15, 0.2) is 11.6 Å². The molecule has 5 nitrogen and oxygen atoms in total. The summed E-state index contributed by atoms with van der Waals surface area (Å²) in [6, 6.07) is 14.9. The van der Waals surface area contributed by atoms with Crippen LogP contribution in [0.25, 0.3) is 11.3 Å². The molecule has 0 aliphatic rings. The molecule has 0 fully saturated rings. The predicted octanol–water partition coefficient (Wildman–Crippen LogP) is 3.83. The van der Waals surface area contributed by atoms with Gasteiger partial charge < -0.3 is 15.7 Å². The molecule has 3 rings (SSSR count). The minimum atomic E-state index is -0.888. The quantitative estimate of drug-likeness (QED) is 0.590. The van der Waals surface area contributed by atoms with E-state index in [1.54, 1.807) is 6.07 Å². The standard InChI is InChI=1S/C20H20F2N4O/c1-13(12-27)24-20-25-18(15-5-3-2-4-6-15)10-19(26-20)23-11-14-7-8-16(21)17(22)9-14/h2-10,13,27H,11-12H2,1H3,(H2,23,24,25,26)/t13-/m1/s1. The maximum atomic E-state index is 13.4. The molecule has 0 aliphatic carbocycles. The van der Waals surface area contributed by atoms with E-state index in [9.17, 15) is 13.9 Å². The van der Waals surface area contributed by atoms with Crippen LogP contribution in [0, 0.1) is 11.6 Å². The number of benzene rings is 2. The molecule has 1 aromatic heterocycles. The van der Waals surface area contributed by atoms with Crippen molar-refractivity contribution in [1.29, 1.82) is 0 Å². The number of nitrogens with zero attached hydrogens (tertiary/aromatic N) is 2. The Balaban J connectivity index is 1.86. The van der Waals surface area contributed by atoms with Gasteiger partial charge in [0.25, 0.3) is 0 Å². The molecule has 140 valence electrons. The van der Waals surface area contributed by atoms with E-state index in [4.69, 9.17) is 0 Å². The van der Waals surface area contributed by atoms with E-state index >= 15 is 0 Å². The van der Waals surface area contributed by atoms with E-state index in [0.717, 1.165) is 17.7 Å². The van der Waals surface area contributed by atoms with E-state index in [0.29, 0.717) is 23.0 Å². The van der Waals surface area contributed by atoms with Gasteiger partial charge in [-0.15, -0.1) is 0 Å². The highest BCUT2D eigenvalue weighted by molar-refractivity contribution is 5.64. The molecule has 0 bridgehead atoms. The molecule has 0 saturated heterocycles. The third kappa shape index (κ3) is 4.98. The van der Waals surface area contributed by atoms with Crippen molar-refractivity contribution in [3.05, 3.63) is 71.8 Å². The van der Waals surface area contributed by atoms with Crippen LogP contribution in [-0.4, -0.2) is 27.7 Å². The Morgan fingerprint density at radius 1 is 1.00 bits per heavy atom. The third-order valence-corrected chi connectivity index (χ3v) is 3.90. The number of rotatable bonds is 7. The van der Waals surface area contributed by atoms with Crippen LogP contribution < -0.4 is 10.6 Å². The molecule has 1 atom stereocenters. The molecule has 1 heterocycles. The van der Waals surface area contributed by atoms with Gasteiger partial charge in [-0.2, -0.15) is 4.98 Å². The van der Waals surface area contributed by atoms with Gasteiger partial charge in [-0.3, -0.25) is 0 Å². The fraction of sp³-hybridized carbons (Fsp3) is 0.200. The summed E-state index contributed by atoms with van der Waals surface area (Å²) in [5.41, 5.74) is 2.20. The lowest BCUT2D eigenvalue weighted by molar-refractivity contribution is 0.281. The highest BCUT2D eigenvalue weighted by Gasteiger charge is 2.10. The van der Waals surface area contributed by atoms with Gasteiger partial charge in [0.1, 0.15) is 5.82 Å². The second-order valence-electron chi connectivity index (χ2n) is 6.16. The van der Waals surface area contributed by atoms with Crippen molar-refractivity contribution >= 4 is 11.8 Å². The lowest BCUT2D eigenvalue weighted by atomic mass is 10.1. The number of aliphatic hydroxyl groups is 1. The zero-order chi connectivity index (χ0) is 19.2. The molecule has 0 saturated carbocycles. The van der Waals surface area contributed by atoms with Crippen LogP contribution in [0.5, 0.6) is 0 Å². The van der Waals surface area contributed by atoms with Crippen LogP contribution in [0.4, 0.5) is 20.5 Å². The van der Waals surface area contributed by atoms with E-state index in [1.807, 2.05) is 37.3 Å². The molecule has 7 heteroatoms. The first-order valence-electron chi connectivity index (χ1n) is 8.55. The van der Waals surface area contributed by atoms with Crippen molar-refractivity contribution in [3.8, 4) is 11.3 Å². The van der Waals surface area contributed by atoms with Gasteiger partial charge >= 0.3 is 0 Å². The SMILES string of the molecule is C[C@H](CO)Nc1nc(NCc2ccc(F)c(F)c2)cc(-c2ccccc2)n1. The fourth-order valence-electron chi connectivity index (χ4n) is 2.47. The Morgan fingerprint density at radius 2 is 1.78 bits per heavy atom. The van der Waals surface area contributed by atoms with Crippen LogP contribution in [0.2, 0.25) is 0 Å². The number of aromatic nitrogens is 2. The monoisotopic (exact) mass is 370 g/mol. The van der Waals surface area contributed by atoms with Crippen LogP contribution in [0.3, 0.4) is 0 Å². The maximum absolute atomic E-state index is 13.4. The lowest BCUT2D eigenvalue weighted by Crippen LogP contribution is -2.21. The van der Waals surface area contributed by atoms with Crippen LogP contribution >= 0.6 is 0 Å². The molecule has 3 N–H and O–H groups in total. The normalized spacial score (nSPS) is 11.9. The second-order valence-corrected chi connectivity index (χ2v) is 6.16. The molecule has 0 amide bonds. The average molecular weight is 370 g/mol. The summed E-state index contributed by atoms with van der Waals surface area (Å²) >= 11 is 0. The number of hydrogen-bond acceptors (Lipinski definition) is 5. The van der Waals surface area contributed by atoms with Gasteiger partial charge in [-0.25, -0.2) is 13.8 Å². The summed E-state index contributed by atoms with van der Waals surface area (Å²) in [4.78, 5) is 8.88. The first kappa shape index (κ1) is 18.7. The first-order chi connectivity index (χ1) is 13.0. The highest BCUT2D eigenvalue weighted by atomic mass is 19.2. The summed E-state index contributed by atoms with van der Waals surface area (Å²) in [6.45, 7) is 2.03. The summed E-state index contributed by atoms with van der Waals surface area (Å²) in [7, 11) is 0. The summed E-state index contributed by atoms with van der Waals surface area (Å²) in [5, 5.41) is 15.4. The molecule has 3 aromatic rings. The van der Waals surface area contributed by atoms with Crippen LogP contribution in [0.15, 0.2) is 54.6 Å². The first-order valence-corrected chi connectivity index (χ1v) is 8.55. The highest BCUT2D eigenvalue weighted by Crippen LogP contribution is 2.22. The summed E-state index contributed by atoms with van der Waals surface area (Å²) in [6.07, 6.45) is 0. The minimum absolute atomic E-state index is 0.0590. The lowest BCUT2D eigenvalue weighted by Gasteiger charge is -2.14.